The number of anilines is 1. The number of furan rings is 1. The number of Topliss-reactive ketones (excluding diaryl/α,β-unsaturated/α-hetero) is 1. The van der Waals surface area contributed by atoms with Gasteiger partial charge >= 0.3 is 5.97 Å². The zero-order valence-electron chi connectivity index (χ0n) is 19.9. The summed E-state index contributed by atoms with van der Waals surface area (Å²) in [5.74, 6) is -0.0161. The summed E-state index contributed by atoms with van der Waals surface area (Å²) in [6.07, 6.45) is 1.23. The third-order valence-electron chi connectivity index (χ3n) is 7.13. The number of carboxylic acid groups (broad SMARTS) is 1. The number of benzene rings is 3. The van der Waals surface area contributed by atoms with Gasteiger partial charge in [0.15, 0.2) is 5.78 Å². The van der Waals surface area contributed by atoms with E-state index < -0.39 is 12.0 Å². The number of rotatable bonds is 3. The minimum absolute atomic E-state index is 0.101. The van der Waals surface area contributed by atoms with E-state index in [2.05, 4.69) is 43.4 Å². The van der Waals surface area contributed by atoms with Gasteiger partial charge in [-0.05, 0) is 64.6 Å². The molecule has 6 rings (SSSR count). The molecule has 6 heteroatoms. The number of hydrogen-bond acceptors (Lipinski definition) is 4. The average Bonchev–Trinajstić information content (AvgIpc) is 3.32. The van der Waals surface area contributed by atoms with E-state index in [9.17, 15) is 14.7 Å². The van der Waals surface area contributed by atoms with Gasteiger partial charge in [-0.1, -0.05) is 55.8 Å². The Kier molecular flexibility index (Phi) is 5.09. The number of hydrogen-bond donors (Lipinski definition) is 2. The Labute approximate surface area is 213 Å². The van der Waals surface area contributed by atoms with Crippen molar-refractivity contribution in [2.45, 2.75) is 32.7 Å². The van der Waals surface area contributed by atoms with Gasteiger partial charge in [-0.3, -0.25) is 4.79 Å². The van der Waals surface area contributed by atoms with Gasteiger partial charge in [-0.25, -0.2) is 4.79 Å². The van der Waals surface area contributed by atoms with E-state index in [1.807, 2.05) is 18.2 Å². The highest BCUT2D eigenvalue weighted by molar-refractivity contribution is 6.31. The molecule has 3 aromatic carbocycles. The maximum atomic E-state index is 13.6. The summed E-state index contributed by atoms with van der Waals surface area (Å²) in [5.41, 5.74) is 4.16. The second-order valence-corrected chi connectivity index (χ2v) is 10.8. The average molecular weight is 498 g/mol. The third kappa shape index (κ3) is 3.62. The van der Waals surface area contributed by atoms with Crippen LogP contribution in [-0.4, -0.2) is 16.9 Å². The van der Waals surface area contributed by atoms with Crippen LogP contribution in [0.5, 0.6) is 0 Å². The topological polar surface area (TPSA) is 79.5 Å². The molecule has 1 atom stereocenters. The lowest BCUT2D eigenvalue weighted by atomic mass is 9.68. The molecule has 0 unspecified atom stereocenters. The number of halogens is 1. The van der Waals surface area contributed by atoms with E-state index in [4.69, 9.17) is 16.0 Å². The Bertz CT molecular complexity index is 1610. The summed E-state index contributed by atoms with van der Waals surface area (Å²) in [7, 11) is 0. The Morgan fingerprint density at radius 2 is 1.86 bits per heavy atom. The number of fused-ring (bicyclic) bond motifs is 4. The molecule has 36 heavy (non-hydrogen) atoms. The van der Waals surface area contributed by atoms with Gasteiger partial charge in [0.05, 0.1) is 5.56 Å². The predicted octanol–water partition coefficient (Wildman–Crippen LogP) is 7.76. The quantitative estimate of drug-likeness (QED) is 0.302. The van der Waals surface area contributed by atoms with E-state index in [1.165, 1.54) is 6.07 Å². The molecule has 1 aromatic heterocycles. The molecule has 1 aliphatic carbocycles. The van der Waals surface area contributed by atoms with Crippen LogP contribution in [-0.2, 0) is 4.79 Å². The van der Waals surface area contributed by atoms with Gasteiger partial charge in [0, 0.05) is 33.8 Å². The van der Waals surface area contributed by atoms with Crippen molar-refractivity contribution < 1.29 is 19.1 Å². The van der Waals surface area contributed by atoms with E-state index in [0.29, 0.717) is 28.5 Å². The molecule has 2 aliphatic rings. The summed E-state index contributed by atoms with van der Waals surface area (Å²) in [6, 6.07) is 20.0. The SMILES string of the molecule is CC1(C)CC(=O)C2=C(C1)c1c(ccc3ccccc13)N[C@H]2c1ccc(-c2cc(Cl)ccc2C(=O)O)o1. The summed E-state index contributed by atoms with van der Waals surface area (Å²) in [5, 5.41) is 15.9. The molecule has 5 nitrogen and oxygen atoms in total. The molecule has 0 bridgehead atoms. The fourth-order valence-electron chi connectivity index (χ4n) is 5.61. The molecule has 4 aromatic rings. The smallest absolute Gasteiger partial charge is 0.336 e. The number of carboxylic acids is 1. The first kappa shape index (κ1) is 22.6. The first-order chi connectivity index (χ1) is 17.2. The highest BCUT2D eigenvalue weighted by atomic mass is 35.5. The van der Waals surface area contributed by atoms with Crippen LogP contribution in [0.2, 0.25) is 5.02 Å². The van der Waals surface area contributed by atoms with E-state index >= 15 is 0 Å². The van der Waals surface area contributed by atoms with Gasteiger partial charge in [0.2, 0.25) is 0 Å². The highest BCUT2D eigenvalue weighted by Crippen LogP contribution is 2.52. The Morgan fingerprint density at radius 1 is 1.06 bits per heavy atom. The zero-order valence-corrected chi connectivity index (χ0v) is 20.6. The molecule has 0 amide bonds. The first-order valence-electron chi connectivity index (χ1n) is 11.9. The lowest BCUT2D eigenvalue weighted by Crippen LogP contribution is -2.33. The molecule has 2 heterocycles. The van der Waals surface area contributed by atoms with Gasteiger partial charge < -0.3 is 14.8 Å². The number of nitrogens with one attached hydrogen (secondary N) is 1. The van der Waals surface area contributed by atoms with Crippen molar-refractivity contribution in [3.63, 3.8) is 0 Å². The molecule has 180 valence electrons. The van der Waals surface area contributed by atoms with Crippen molar-refractivity contribution in [3.8, 4) is 11.3 Å². The van der Waals surface area contributed by atoms with Crippen LogP contribution in [0.15, 0.2) is 76.7 Å². The number of ketones is 1. The Morgan fingerprint density at radius 3 is 2.67 bits per heavy atom. The van der Waals surface area contributed by atoms with Crippen molar-refractivity contribution in [2.75, 3.05) is 5.32 Å². The second-order valence-electron chi connectivity index (χ2n) is 10.3. The van der Waals surface area contributed by atoms with Crippen LogP contribution in [0.3, 0.4) is 0 Å². The molecule has 0 radical (unpaired) electrons. The second kappa shape index (κ2) is 8.10. The van der Waals surface area contributed by atoms with Crippen molar-refractivity contribution >= 4 is 45.4 Å². The van der Waals surface area contributed by atoms with E-state index in [-0.39, 0.29) is 16.8 Å². The minimum atomic E-state index is -1.06. The number of carbonyl (C=O) groups is 2. The Hall–Kier alpha value is -3.83. The van der Waals surface area contributed by atoms with Crippen LogP contribution in [0.1, 0.15) is 54.4 Å². The summed E-state index contributed by atoms with van der Waals surface area (Å²) in [6.45, 7) is 4.27. The third-order valence-corrected chi connectivity index (χ3v) is 7.36. The molecule has 0 saturated heterocycles. The molecule has 1 aliphatic heterocycles. The zero-order chi connectivity index (χ0) is 25.2. The summed E-state index contributed by atoms with van der Waals surface area (Å²) in [4.78, 5) is 25.4. The van der Waals surface area contributed by atoms with Crippen LogP contribution in [0.25, 0.3) is 27.7 Å². The lowest BCUT2D eigenvalue weighted by Gasteiger charge is -2.39. The molecule has 2 N–H and O–H groups in total. The molecule has 0 fully saturated rings. The van der Waals surface area contributed by atoms with Gasteiger partial charge in [-0.2, -0.15) is 0 Å². The standard InChI is InChI=1S/C30H24ClNO4/c1-30(2)14-21-26-18-6-4-3-5-16(18)7-10-22(26)32-28(27(21)23(33)15-30)25-12-11-24(36-25)20-13-17(31)8-9-19(20)29(34)35/h3-13,28,32H,14-15H2,1-2H3,(H,34,35)/t28-/m0/s1. The number of allylic oxidation sites excluding steroid dienone is 1. The molecular weight excluding hydrogens is 474 g/mol. The summed E-state index contributed by atoms with van der Waals surface area (Å²) >= 11 is 6.17. The predicted molar refractivity (Wildman–Crippen MR) is 141 cm³/mol. The monoisotopic (exact) mass is 497 g/mol. The lowest BCUT2D eigenvalue weighted by molar-refractivity contribution is -0.118. The largest absolute Gasteiger partial charge is 0.478 e. The van der Waals surface area contributed by atoms with Crippen LogP contribution < -0.4 is 5.32 Å². The van der Waals surface area contributed by atoms with Crippen LogP contribution >= 0.6 is 11.6 Å². The van der Waals surface area contributed by atoms with Crippen molar-refractivity contribution in [1.82, 2.24) is 0 Å². The van der Waals surface area contributed by atoms with Gasteiger partial charge in [-0.15, -0.1) is 0 Å². The van der Waals surface area contributed by atoms with Crippen LogP contribution in [0.4, 0.5) is 5.69 Å². The van der Waals surface area contributed by atoms with E-state index in [1.54, 1.807) is 18.2 Å². The Balaban J connectivity index is 1.53. The van der Waals surface area contributed by atoms with Crippen molar-refractivity contribution in [3.05, 3.63) is 94.2 Å². The molecule has 0 spiro atoms. The highest BCUT2D eigenvalue weighted by Gasteiger charge is 2.41. The fourth-order valence-corrected chi connectivity index (χ4v) is 5.78. The fraction of sp³-hybridized carbons (Fsp3) is 0.200. The van der Waals surface area contributed by atoms with Gasteiger partial charge in [0.1, 0.15) is 17.6 Å². The molecule has 0 saturated carbocycles. The number of carbonyl (C=O) groups excluding carboxylic acids is 1. The minimum Gasteiger partial charge on any atom is -0.478 e. The first-order valence-corrected chi connectivity index (χ1v) is 12.3. The van der Waals surface area contributed by atoms with Crippen LogP contribution in [0, 0.1) is 5.41 Å². The van der Waals surface area contributed by atoms with Crippen molar-refractivity contribution in [1.29, 1.82) is 0 Å². The summed E-state index contributed by atoms with van der Waals surface area (Å²) < 4.78 is 6.24. The normalized spacial score (nSPS) is 18.5. The molecular formula is C30H24ClNO4. The van der Waals surface area contributed by atoms with Crippen molar-refractivity contribution in [2.24, 2.45) is 5.41 Å². The maximum Gasteiger partial charge on any atom is 0.336 e. The van der Waals surface area contributed by atoms with E-state index in [0.717, 1.165) is 39.6 Å². The van der Waals surface area contributed by atoms with Gasteiger partial charge in [0.25, 0.3) is 0 Å². The maximum absolute atomic E-state index is 13.6. The number of aromatic carboxylic acids is 1.